The standard InChI is InChI=1S/C20H19N3O2/c1-13-18(14(2)22-20(21-13)25-3)23-19(24)17-11-9-16(10-12-17)15-7-5-4-6-8-15/h4-12H,1-3H3,(H,23,24). The number of carbonyl (C=O) groups is 1. The smallest absolute Gasteiger partial charge is 0.316 e. The van der Waals surface area contributed by atoms with E-state index in [0.29, 0.717) is 28.6 Å². The van der Waals surface area contributed by atoms with E-state index in [2.05, 4.69) is 15.3 Å². The summed E-state index contributed by atoms with van der Waals surface area (Å²) in [6, 6.07) is 17.8. The Morgan fingerprint density at radius 2 is 1.44 bits per heavy atom. The number of nitrogens with one attached hydrogen (secondary N) is 1. The number of rotatable bonds is 4. The van der Waals surface area contributed by atoms with Gasteiger partial charge in [-0.15, -0.1) is 0 Å². The lowest BCUT2D eigenvalue weighted by atomic mass is 10.0. The lowest BCUT2D eigenvalue weighted by molar-refractivity contribution is 0.102. The van der Waals surface area contributed by atoms with Crippen molar-refractivity contribution in [2.24, 2.45) is 0 Å². The van der Waals surface area contributed by atoms with Crippen molar-refractivity contribution < 1.29 is 9.53 Å². The Bertz CT molecular complexity index is 868. The molecular formula is C20H19N3O2. The van der Waals surface area contributed by atoms with Gasteiger partial charge in [0.25, 0.3) is 5.91 Å². The van der Waals surface area contributed by atoms with E-state index in [4.69, 9.17) is 4.74 Å². The van der Waals surface area contributed by atoms with Crippen molar-refractivity contribution in [3.05, 3.63) is 71.5 Å². The Labute approximate surface area is 146 Å². The first-order valence-corrected chi connectivity index (χ1v) is 7.94. The summed E-state index contributed by atoms with van der Waals surface area (Å²) in [4.78, 5) is 20.9. The van der Waals surface area contributed by atoms with Gasteiger partial charge in [-0.2, -0.15) is 9.97 Å². The number of amides is 1. The summed E-state index contributed by atoms with van der Waals surface area (Å²) >= 11 is 0. The molecule has 0 fully saturated rings. The number of ether oxygens (including phenoxy) is 1. The molecule has 0 unspecified atom stereocenters. The Morgan fingerprint density at radius 1 is 0.880 bits per heavy atom. The number of aromatic nitrogens is 2. The molecule has 5 heteroatoms. The number of anilines is 1. The molecule has 5 nitrogen and oxygen atoms in total. The molecule has 0 spiro atoms. The van der Waals surface area contributed by atoms with E-state index in [0.717, 1.165) is 11.1 Å². The second kappa shape index (κ2) is 7.13. The monoisotopic (exact) mass is 333 g/mol. The van der Waals surface area contributed by atoms with Crippen LogP contribution in [0.5, 0.6) is 6.01 Å². The van der Waals surface area contributed by atoms with Crippen LogP contribution >= 0.6 is 0 Å². The highest BCUT2D eigenvalue weighted by Crippen LogP contribution is 2.22. The van der Waals surface area contributed by atoms with Gasteiger partial charge in [0.05, 0.1) is 24.2 Å². The summed E-state index contributed by atoms with van der Waals surface area (Å²) in [7, 11) is 1.51. The molecule has 2 aromatic carbocycles. The maximum absolute atomic E-state index is 12.5. The van der Waals surface area contributed by atoms with Gasteiger partial charge in [0.15, 0.2) is 0 Å². The van der Waals surface area contributed by atoms with E-state index in [-0.39, 0.29) is 5.91 Å². The first-order chi connectivity index (χ1) is 12.1. The predicted octanol–water partition coefficient (Wildman–Crippen LogP) is 4.02. The number of carbonyl (C=O) groups excluding carboxylic acids is 1. The molecule has 0 saturated carbocycles. The fourth-order valence-electron chi connectivity index (χ4n) is 2.59. The first kappa shape index (κ1) is 16.6. The van der Waals surface area contributed by atoms with Crippen molar-refractivity contribution >= 4 is 11.6 Å². The molecule has 0 radical (unpaired) electrons. The van der Waals surface area contributed by atoms with E-state index in [9.17, 15) is 4.79 Å². The van der Waals surface area contributed by atoms with Gasteiger partial charge in [-0.1, -0.05) is 42.5 Å². The maximum Gasteiger partial charge on any atom is 0.316 e. The molecule has 1 aromatic heterocycles. The zero-order chi connectivity index (χ0) is 17.8. The topological polar surface area (TPSA) is 64.1 Å². The Balaban J connectivity index is 1.80. The van der Waals surface area contributed by atoms with E-state index >= 15 is 0 Å². The molecule has 1 amide bonds. The third-order valence-corrected chi connectivity index (χ3v) is 3.93. The normalized spacial score (nSPS) is 10.4. The van der Waals surface area contributed by atoms with E-state index < -0.39 is 0 Å². The van der Waals surface area contributed by atoms with Crippen LogP contribution in [0, 0.1) is 13.8 Å². The van der Waals surface area contributed by atoms with Gasteiger partial charge in [0.2, 0.25) is 0 Å². The van der Waals surface area contributed by atoms with Gasteiger partial charge < -0.3 is 10.1 Å². The summed E-state index contributed by atoms with van der Waals surface area (Å²) in [6.45, 7) is 3.62. The molecule has 0 aliphatic carbocycles. The van der Waals surface area contributed by atoms with Crippen molar-refractivity contribution in [1.29, 1.82) is 0 Å². The van der Waals surface area contributed by atoms with Crippen molar-refractivity contribution in [2.75, 3.05) is 12.4 Å². The molecule has 126 valence electrons. The molecular weight excluding hydrogens is 314 g/mol. The number of methoxy groups -OCH3 is 1. The zero-order valence-corrected chi connectivity index (χ0v) is 14.4. The van der Waals surface area contributed by atoms with Crippen LogP contribution in [0.1, 0.15) is 21.7 Å². The fourth-order valence-corrected chi connectivity index (χ4v) is 2.59. The lowest BCUT2D eigenvalue weighted by Gasteiger charge is -2.12. The van der Waals surface area contributed by atoms with Crippen LogP contribution in [0.4, 0.5) is 5.69 Å². The number of aryl methyl sites for hydroxylation is 2. The molecule has 0 aliphatic rings. The molecule has 0 atom stereocenters. The summed E-state index contributed by atoms with van der Waals surface area (Å²) in [6.07, 6.45) is 0. The predicted molar refractivity (Wildman–Crippen MR) is 97.9 cm³/mol. The van der Waals surface area contributed by atoms with Crippen molar-refractivity contribution in [1.82, 2.24) is 9.97 Å². The maximum atomic E-state index is 12.5. The number of nitrogens with zero attached hydrogens (tertiary/aromatic N) is 2. The van der Waals surface area contributed by atoms with E-state index in [1.165, 1.54) is 7.11 Å². The Morgan fingerprint density at radius 3 is 2.00 bits per heavy atom. The molecule has 3 aromatic rings. The quantitative estimate of drug-likeness (QED) is 0.783. The molecule has 0 saturated heterocycles. The van der Waals surface area contributed by atoms with Crippen LogP contribution in [-0.2, 0) is 0 Å². The van der Waals surface area contributed by atoms with Crippen LogP contribution in [0.25, 0.3) is 11.1 Å². The third-order valence-electron chi connectivity index (χ3n) is 3.93. The number of hydrogen-bond donors (Lipinski definition) is 1. The van der Waals surface area contributed by atoms with Crippen LogP contribution in [0.2, 0.25) is 0 Å². The van der Waals surface area contributed by atoms with Crippen LogP contribution < -0.4 is 10.1 Å². The van der Waals surface area contributed by atoms with Crippen LogP contribution in [0.3, 0.4) is 0 Å². The summed E-state index contributed by atoms with van der Waals surface area (Å²) in [5.74, 6) is -0.195. The van der Waals surface area contributed by atoms with Gasteiger partial charge in [-0.3, -0.25) is 4.79 Å². The Hall–Kier alpha value is -3.21. The minimum Gasteiger partial charge on any atom is -0.467 e. The molecule has 25 heavy (non-hydrogen) atoms. The SMILES string of the molecule is COc1nc(C)c(NC(=O)c2ccc(-c3ccccc3)cc2)c(C)n1. The highest BCUT2D eigenvalue weighted by Gasteiger charge is 2.13. The van der Waals surface area contributed by atoms with Gasteiger partial charge in [0.1, 0.15) is 0 Å². The molecule has 3 rings (SSSR count). The second-order valence-corrected chi connectivity index (χ2v) is 5.65. The van der Waals surface area contributed by atoms with Crippen LogP contribution in [-0.4, -0.2) is 23.0 Å². The Kier molecular flexibility index (Phi) is 4.75. The highest BCUT2D eigenvalue weighted by atomic mass is 16.5. The minimum absolute atomic E-state index is 0.195. The van der Waals surface area contributed by atoms with Crippen LogP contribution in [0.15, 0.2) is 54.6 Å². The van der Waals surface area contributed by atoms with E-state index in [1.807, 2.05) is 68.4 Å². The molecule has 1 heterocycles. The summed E-state index contributed by atoms with van der Waals surface area (Å²) in [5.41, 5.74) is 4.70. The molecule has 0 bridgehead atoms. The second-order valence-electron chi connectivity index (χ2n) is 5.65. The van der Waals surface area contributed by atoms with Crippen molar-refractivity contribution in [2.45, 2.75) is 13.8 Å². The fraction of sp³-hybridized carbons (Fsp3) is 0.150. The van der Waals surface area contributed by atoms with E-state index in [1.54, 1.807) is 0 Å². The first-order valence-electron chi connectivity index (χ1n) is 7.94. The minimum atomic E-state index is -0.195. The van der Waals surface area contributed by atoms with Crippen molar-refractivity contribution in [3.63, 3.8) is 0 Å². The zero-order valence-electron chi connectivity index (χ0n) is 14.4. The largest absolute Gasteiger partial charge is 0.467 e. The summed E-state index contributed by atoms with van der Waals surface area (Å²) < 4.78 is 5.04. The van der Waals surface area contributed by atoms with Gasteiger partial charge in [-0.25, -0.2) is 0 Å². The van der Waals surface area contributed by atoms with Gasteiger partial charge >= 0.3 is 6.01 Å². The number of benzene rings is 2. The average molecular weight is 333 g/mol. The van der Waals surface area contributed by atoms with Crippen molar-refractivity contribution in [3.8, 4) is 17.1 Å². The van der Waals surface area contributed by atoms with Gasteiger partial charge in [0, 0.05) is 5.56 Å². The average Bonchev–Trinajstić information content (AvgIpc) is 2.65. The molecule has 1 N–H and O–H groups in total. The summed E-state index contributed by atoms with van der Waals surface area (Å²) in [5, 5.41) is 2.89. The lowest BCUT2D eigenvalue weighted by Crippen LogP contribution is -2.15. The third kappa shape index (κ3) is 3.66. The van der Waals surface area contributed by atoms with Gasteiger partial charge in [-0.05, 0) is 37.1 Å². The number of hydrogen-bond acceptors (Lipinski definition) is 4. The molecule has 0 aliphatic heterocycles. The highest BCUT2D eigenvalue weighted by molar-refractivity contribution is 6.05.